The third-order valence-corrected chi connectivity index (χ3v) is 6.18. The van der Waals surface area contributed by atoms with E-state index in [1.54, 1.807) is 6.92 Å². The highest BCUT2D eigenvalue weighted by molar-refractivity contribution is 7.89. The van der Waals surface area contributed by atoms with Gasteiger partial charge in [0.1, 0.15) is 5.82 Å². The van der Waals surface area contributed by atoms with E-state index in [1.165, 1.54) is 4.31 Å². The van der Waals surface area contributed by atoms with Gasteiger partial charge in [-0.15, -0.1) is 0 Å². The maximum Gasteiger partial charge on any atom is 0.341 e. The first-order chi connectivity index (χ1) is 14.8. The van der Waals surface area contributed by atoms with Gasteiger partial charge in [-0.3, -0.25) is 9.59 Å². The van der Waals surface area contributed by atoms with E-state index in [9.17, 15) is 27.2 Å². The highest BCUT2D eigenvalue weighted by atomic mass is 32.2. The van der Waals surface area contributed by atoms with E-state index >= 15 is 0 Å². The van der Waals surface area contributed by atoms with Crippen molar-refractivity contribution in [2.75, 3.05) is 46.1 Å². The van der Waals surface area contributed by atoms with Crippen molar-refractivity contribution < 1.29 is 41.4 Å². The Morgan fingerprint density at radius 1 is 1.19 bits per heavy atom. The molecule has 1 heterocycles. The van der Waals surface area contributed by atoms with Gasteiger partial charge in [-0.2, -0.15) is 4.31 Å². The number of sulfonamides is 1. The van der Waals surface area contributed by atoms with E-state index in [4.69, 9.17) is 14.2 Å². The number of carbonyl (C=O) groups is 3. The Morgan fingerprint density at radius 3 is 2.58 bits per heavy atom. The maximum absolute atomic E-state index is 14.1. The van der Waals surface area contributed by atoms with E-state index in [1.807, 2.05) is 0 Å². The topological polar surface area (TPSA) is 128 Å². The van der Waals surface area contributed by atoms with Crippen LogP contribution < -0.4 is 5.32 Å². The van der Waals surface area contributed by atoms with Gasteiger partial charge in [0.25, 0.3) is 5.91 Å². The minimum atomic E-state index is -3.93. The van der Waals surface area contributed by atoms with Gasteiger partial charge in [0.2, 0.25) is 10.0 Å². The van der Waals surface area contributed by atoms with Gasteiger partial charge in [-0.25, -0.2) is 17.6 Å². The highest BCUT2D eigenvalue weighted by Crippen LogP contribution is 2.20. The quantitative estimate of drug-likeness (QED) is 0.394. The highest BCUT2D eigenvalue weighted by Gasteiger charge is 2.28. The molecule has 0 saturated carbocycles. The fourth-order valence-electron chi connectivity index (χ4n) is 2.71. The molecule has 2 rings (SSSR count). The van der Waals surface area contributed by atoms with Crippen LogP contribution >= 0.6 is 0 Å². The first kappa shape index (κ1) is 24.7. The molecule has 1 aromatic rings. The molecule has 1 saturated heterocycles. The molecule has 0 aromatic heterocycles. The Bertz CT molecular complexity index is 900. The number of rotatable bonds is 10. The third-order valence-electron chi connectivity index (χ3n) is 4.29. The number of benzene rings is 1. The van der Waals surface area contributed by atoms with Gasteiger partial charge < -0.3 is 19.5 Å². The van der Waals surface area contributed by atoms with Crippen LogP contribution in [0, 0.1) is 5.82 Å². The smallest absolute Gasteiger partial charge is 0.341 e. The van der Waals surface area contributed by atoms with Crippen molar-refractivity contribution in [3.63, 3.8) is 0 Å². The minimum absolute atomic E-state index is 0.128. The Hall–Kier alpha value is -2.57. The molecule has 0 radical (unpaired) electrons. The van der Waals surface area contributed by atoms with Crippen LogP contribution in [-0.4, -0.2) is 76.6 Å². The summed E-state index contributed by atoms with van der Waals surface area (Å²) < 4.78 is 55.3. The summed E-state index contributed by atoms with van der Waals surface area (Å²) in [7, 11) is -3.93. The predicted molar refractivity (Wildman–Crippen MR) is 105 cm³/mol. The third kappa shape index (κ3) is 7.26. The summed E-state index contributed by atoms with van der Waals surface area (Å²) in [6, 6.07) is 2.81. The number of hydrogen-bond acceptors (Lipinski definition) is 8. The lowest BCUT2D eigenvalue weighted by Gasteiger charge is -2.26. The van der Waals surface area contributed by atoms with Crippen LogP contribution in [0.2, 0.25) is 0 Å². The Morgan fingerprint density at radius 2 is 1.90 bits per heavy atom. The van der Waals surface area contributed by atoms with Crippen LogP contribution in [0.25, 0.3) is 0 Å². The number of hydrogen-bond donors (Lipinski definition) is 1. The predicted octanol–water partition coefficient (Wildman–Crippen LogP) is 0.463. The zero-order valence-electron chi connectivity index (χ0n) is 17.1. The molecule has 1 N–H and O–H groups in total. The summed E-state index contributed by atoms with van der Waals surface area (Å²) in [4.78, 5) is 34.9. The number of esters is 2. The average Bonchev–Trinajstić information content (AvgIpc) is 2.76. The standard InChI is InChI=1S/C19H25FN2O8S/c1-2-29-18(24)4-3-7-21-17(23)13-30-19(25)15-12-14(5-6-16(15)20)31(26,27)22-8-10-28-11-9-22/h5-6,12H,2-4,7-11,13H2,1H3,(H,21,23). The molecule has 1 fully saturated rings. The van der Waals surface area contributed by atoms with Crippen LogP contribution in [0.15, 0.2) is 23.1 Å². The monoisotopic (exact) mass is 460 g/mol. The molecule has 1 aromatic carbocycles. The average molecular weight is 460 g/mol. The van der Waals surface area contributed by atoms with Gasteiger partial charge in [-0.05, 0) is 31.5 Å². The van der Waals surface area contributed by atoms with E-state index in [0.717, 1.165) is 18.2 Å². The molecule has 0 spiro atoms. The van der Waals surface area contributed by atoms with Crippen molar-refractivity contribution in [1.29, 1.82) is 0 Å². The lowest BCUT2D eigenvalue weighted by atomic mass is 10.2. The molecule has 0 bridgehead atoms. The van der Waals surface area contributed by atoms with Crippen molar-refractivity contribution in [2.45, 2.75) is 24.7 Å². The number of amides is 1. The molecular weight excluding hydrogens is 435 g/mol. The largest absolute Gasteiger partial charge is 0.466 e. The van der Waals surface area contributed by atoms with Crippen LogP contribution in [0.3, 0.4) is 0 Å². The lowest BCUT2D eigenvalue weighted by molar-refractivity contribution is -0.143. The van der Waals surface area contributed by atoms with Gasteiger partial charge >= 0.3 is 11.9 Å². The van der Waals surface area contributed by atoms with Crippen molar-refractivity contribution in [1.82, 2.24) is 9.62 Å². The maximum atomic E-state index is 14.1. The fourth-order valence-corrected chi connectivity index (χ4v) is 4.15. The van der Waals surface area contributed by atoms with Gasteiger partial charge in [0, 0.05) is 26.1 Å². The molecule has 1 aliphatic rings. The van der Waals surface area contributed by atoms with E-state index < -0.39 is 39.9 Å². The molecular formula is C19H25FN2O8S. The molecule has 1 amide bonds. The normalized spacial score (nSPS) is 14.6. The number of ether oxygens (including phenoxy) is 3. The second-order valence-corrected chi connectivity index (χ2v) is 8.43. The zero-order valence-corrected chi connectivity index (χ0v) is 17.9. The fraction of sp³-hybridized carbons (Fsp3) is 0.526. The van der Waals surface area contributed by atoms with Crippen molar-refractivity contribution in [3.05, 3.63) is 29.6 Å². The Labute approximate surface area is 179 Å². The molecule has 0 unspecified atom stereocenters. The summed E-state index contributed by atoms with van der Waals surface area (Å²) in [6.45, 7) is 2.21. The molecule has 0 atom stereocenters. The summed E-state index contributed by atoms with van der Waals surface area (Å²) in [5.74, 6) is -3.17. The van der Waals surface area contributed by atoms with Crippen molar-refractivity contribution >= 4 is 27.9 Å². The van der Waals surface area contributed by atoms with E-state index in [0.29, 0.717) is 6.42 Å². The molecule has 1 aliphatic heterocycles. The second kappa shape index (κ2) is 11.7. The Kier molecular flexibility index (Phi) is 9.34. The molecule has 0 aliphatic carbocycles. The van der Waals surface area contributed by atoms with Gasteiger partial charge in [-0.1, -0.05) is 0 Å². The zero-order chi connectivity index (χ0) is 22.9. The molecule has 31 heavy (non-hydrogen) atoms. The van der Waals surface area contributed by atoms with Gasteiger partial charge in [0.15, 0.2) is 6.61 Å². The summed E-state index contributed by atoms with van der Waals surface area (Å²) in [6.07, 6.45) is 0.470. The number of carbonyl (C=O) groups excluding carboxylic acids is 3. The molecule has 12 heteroatoms. The first-order valence-corrected chi connectivity index (χ1v) is 11.2. The summed E-state index contributed by atoms with van der Waals surface area (Å²) in [5.41, 5.74) is -0.593. The number of nitrogens with zero attached hydrogens (tertiary/aromatic N) is 1. The number of morpholine rings is 1. The molecule has 172 valence electrons. The van der Waals surface area contributed by atoms with E-state index in [-0.39, 0.29) is 56.7 Å². The lowest BCUT2D eigenvalue weighted by Crippen LogP contribution is -2.40. The second-order valence-electron chi connectivity index (χ2n) is 6.49. The van der Waals surface area contributed by atoms with E-state index in [2.05, 4.69) is 5.32 Å². The van der Waals surface area contributed by atoms with Crippen LogP contribution in [0.1, 0.15) is 30.1 Å². The van der Waals surface area contributed by atoms with Crippen LogP contribution in [-0.2, 0) is 33.8 Å². The first-order valence-electron chi connectivity index (χ1n) is 9.72. The van der Waals surface area contributed by atoms with Crippen molar-refractivity contribution in [3.8, 4) is 0 Å². The Balaban J connectivity index is 1.91. The summed E-state index contributed by atoms with van der Waals surface area (Å²) in [5, 5.41) is 2.45. The van der Waals surface area contributed by atoms with Gasteiger partial charge in [0.05, 0.1) is 30.3 Å². The van der Waals surface area contributed by atoms with Crippen LogP contribution in [0.4, 0.5) is 4.39 Å². The van der Waals surface area contributed by atoms with Crippen LogP contribution in [0.5, 0.6) is 0 Å². The van der Waals surface area contributed by atoms with Crippen molar-refractivity contribution in [2.24, 2.45) is 0 Å². The summed E-state index contributed by atoms with van der Waals surface area (Å²) >= 11 is 0. The number of halogens is 1. The minimum Gasteiger partial charge on any atom is -0.466 e. The SMILES string of the molecule is CCOC(=O)CCCNC(=O)COC(=O)c1cc(S(=O)(=O)N2CCOCC2)ccc1F. The molecule has 10 nitrogen and oxygen atoms in total. The number of nitrogens with one attached hydrogen (secondary N) is 1.